The van der Waals surface area contributed by atoms with E-state index in [1.165, 1.54) is 0 Å². The molecule has 116 valence electrons. The van der Waals surface area contributed by atoms with Crippen LogP contribution in [-0.2, 0) is 16.0 Å². The summed E-state index contributed by atoms with van der Waals surface area (Å²) in [5.74, 6) is 0.735. The van der Waals surface area contributed by atoms with Crippen molar-refractivity contribution in [2.75, 3.05) is 20.2 Å². The van der Waals surface area contributed by atoms with Crippen molar-refractivity contribution < 1.29 is 14.3 Å². The lowest BCUT2D eigenvalue weighted by molar-refractivity contribution is -0.124. The molecule has 0 radical (unpaired) electrons. The number of benzene rings is 1. The van der Waals surface area contributed by atoms with E-state index < -0.39 is 0 Å². The number of methoxy groups -OCH3 is 1. The van der Waals surface area contributed by atoms with E-state index in [2.05, 4.69) is 10.6 Å². The molecule has 0 aliphatic rings. The lowest BCUT2D eigenvalue weighted by atomic mass is 10.1. The smallest absolute Gasteiger partial charge is 0.222 e. The Morgan fingerprint density at radius 3 is 2.48 bits per heavy atom. The first-order chi connectivity index (χ1) is 10.0. The van der Waals surface area contributed by atoms with Crippen LogP contribution in [0.25, 0.3) is 0 Å². The van der Waals surface area contributed by atoms with Crippen LogP contribution in [-0.4, -0.2) is 32.0 Å². The van der Waals surface area contributed by atoms with Crippen LogP contribution in [0.4, 0.5) is 0 Å². The van der Waals surface area contributed by atoms with Crippen LogP contribution in [0.5, 0.6) is 5.75 Å². The molecular formula is C16H24N2O3. The van der Waals surface area contributed by atoms with Gasteiger partial charge in [-0.25, -0.2) is 0 Å². The number of carbonyl (C=O) groups excluding carboxylic acids is 2. The van der Waals surface area contributed by atoms with Crippen LogP contribution in [0.1, 0.15) is 25.8 Å². The van der Waals surface area contributed by atoms with Crippen LogP contribution < -0.4 is 15.4 Å². The monoisotopic (exact) mass is 292 g/mol. The minimum Gasteiger partial charge on any atom is -0.496 e. The van der Waals surface area contributed by atoms with Gasteiger partial charge in [-0.3, -0.25) is 9.59 Å². The van der Waals surface area contributed by atoms with Crippen molar-refractivity contribution in [2.45, 2.75) is 26.7 Å². The third-order valence-corrected chi connectivity index (χ3v) is 3.08. The fourth-order valence-corrected chi connectivity index (χ4v) is 1.84. The van der Waals surface area contributed by atoms with Gasteiger partial charge < -0.3 is 15.4 Å². The van der Waals surface area contributed by atoms with Crippen molar-refractivity contribution in [2.24, 2.45) is 5.92 Å². The number of hydrogen-bond donors (Lipinski definition) is 2. The van der Waals surface area contributed by atoms with Gasteiger partial charge in [0, 0.05) is 25.4 Å². The zero-order chi connectivity index (χ0) is 15.7. The topological polar surface area (TPSA) is 67.4 Å². The lowest BCUT2D eigenvalue weighted by Gasteiger charge is -2.10. The molecule has 1 aromatic carbocycles. The molecule has 0 heterocycles. The molecule has 2 N–H and O–H groups in total. The van der Waals surface area contributed by atoms with Gasteiger partial charge in [-0.2, -0.15) is 0 Å². The number of hydrogen-bond acceptors (Lipinski definition) is 3. The summed E-state index contributed by atoms with van der Waals surface area (Å²) >= 11 is 0. The highest BCUT2D eigenvalue weighted by Crippen LogP contribution is 2.18. The molecule has 0 bridgehead atoms. The van der Waals surface area contributed by atoms with E-state index in [1.807, 2.05) is 38.1 Å². The van der Waals surface area contributed by atoms with E-state index in [-0.39, 0.29) is 17.7 Å². The first-order valence-corrected chi connectivity index (χ1v) is 7.21. The van der Waals surface area contributed by atoms with E-state index in [4.69, 9.17) is 4.74 Å². The fraction of sp³-hybridized carbons (Fsp3) is 0.500. The van der Waals surface area contributed by atoms with Crippen LogP contribution in [0, 0.1) is 5.92 Å². The highest BCUT2D eigenvalue weighted by Gasteiger charge is 2.07. The molecule has 21 heavy (non-hydrogen) atoms. The first kappa shape index (κ1) is 17.0. The van der Waals surface area contributed by atoms with Crippen molar-refractivity contribution in [3.63, 3.8) is 0 Å². The van der Waals surface area contributed by atoms with Gasteiger partial charge in [0.15, 0.2) is 0 Å². The van der Waals surface area contributed by atoms with Crippen molar-refractivity contribution in [3.8, 4) is 5.75 Å². The maximum absolute atomic E-state index is 11.7. The van der Waals surface area contributed by atoms with Gasteiger partial charge in [-0.05, 0) is 18.1 Å². The van der Waals surface area contributed by atoms with Crippen LogP contribution in [0.2, 0.25) is 0 Å². The first-order valence-electron chi connectivity index (χ1n) is 7.21. The summed E-state index contributed by atoms with van der Waals surface area (Å²) < 4.78 is 5.25. The number of carbonyl (C=O) groups is 2. The Morgan fingerprint density at radius 1 is 1.14 bits per heavy atom. The molecule has 2 amide bonds. The molecule has 0 saturated carbocycles. The molecule has 0 aliphatic heterocycles. The Hall–Kier alpha value is -2.04. The average molecular weight is 292 g/mol. The summed E-state index contributed by atoms with van der Waals surface area (Å²) in [4.78, 5) is 23.1. The van der Waals surface area contributed by atoms with Crippen LogP contribution in [0.15, 0.2) is 24.3 Å². The third-order valence-electron chi connectivity index (χ3n) is 3.08. The number of nitrogens with one attached hydrogen (secondary N) is 2. The predicted octanol–water partition coefficient (Wildman–Crippen LogP) is 1.52. The van der Waals surface area contributed by atoms with Crippen molar-refractivity contribution in [3.05, 3.63) is 29.8 Å². The minimum absolute atomic E-state index is 0.00160. The molecule has 5 heteroatoms. The predicted molar refractivity (Wildman–Crippen MR) is 82.2 cm³/mol. The van der Waals surface area contributed by atoms with Gasteiger partial charge >= 0.3 is 0 Å². The van der Waals surface area contributed by atoms with Gasteiger partial charge in [0.05, 0.1) is 7.11 Å². The quantitative estimate of drug-likeness (QED) is 0.714. The van der Waals surface area contributed by atoms with Crippen molar-refractivity contribution in [1.82, 2.24) is 10.6 Å². The summed E-state index contributed by atoms with van der Waals surface area (Å²) in [5.41, 5.74) is 1.02. The SMILES string of the molecule is COc1ccccc1CCC(=O)NCCNC(=O)C(C)C. The second-order valence-corrected chi connectivity index (χ2v) is 5.11. The second kappa shape index (κ2) is 9.00. The summed E-state index contributed by atoms with van der Waals surface area (Å²) in [7, 11) is 1.62. The number of ether oxygens (including phenoxy) is 1. The summed E-state index contributed by atoms with van der Waals surface area (Å²) in [6, 6.07) is 7.67. The lowest BCUT2D eigenvalue weighted by Crippen LogP contribution is -2.36. The zero-order valence-electron chi connectivity index (χ0n) is 12.9. The number of rotatable bonds is 8. The van der Waals surface area contributed by atoms with Gasteiger partial charge in [0.1, 0.15) is 5.75 Å². The van der Waals surface area contributed by atoms with E-state index in [1.54, 1.807) is 7.11 Å². The Labute approximate surface area is 126 Å². The average Bonchev–Trinajstić information content (AvgIpc) is 2.49. The van der Waals surface area contributed by atoms with Gasteiger partial charge in [-0.1, -0.05) is 32.0 Å². The Bertz CT molecular complexity index is 472. The van der Waals surface area contributed by atoms with E-state index >= 15 is 0 Å². The molecule has 1 aromatic rings. The molecule has 1 rings (SSSR count). The highest BCUT2D eigenvalue weighted by molar-refractivity contribution is 5.78. The van der Waals surface area contributed by atoms with E-state index in [0.29, 0.717) is 25.9 Å². The van der Waals surface area contributed by atoms with Gasteiger partial charge in [0.2, 0.25) is 11.8 Å². The summed E-state index contributed by atoms with van der Waals surface area (Å²) in [6.45, 7) is 4.57. The summed E-state index contributed by atoms with van der Waals surface area (Å²) in [6.07, 6.45) is 1.03. The van der Waals surface area contributed by atoms with Gasteiger partial charge in [-0.15, -0.1) is 0 Å². The number of para-hydroxylation sites is 1. The third kappa shape index (κ3) is 6.29. The van der Waals surface area contributed by atoms with E-state index in [0.717, 1.165) is 11.3 Å². The molecule has 0 aromatic heterocycles. The maximum atomic E-state index is 11.7. The highest BCUT2D eigenvalue weighted by atomic mass is 16.5. The molecule has 0 aliphatic carbocycles. The second-order valence-electron chi connectivity index (χ2n) is 5.11. The van der Waals surface area contributed by atoms with Crippen molar-refractivity contribution in [1.29, 1.82) is 0 Å². The van der Waals surface area contributed by atoms with Crippen LogP contribution >= 0.6 is 0 Å². The maximum Gasteiger partial charge on any atom is 0.222 e. The van der Waals surface area contributed by atoms with Gasteiger partial charge in [0.25, 0.3) is 0 Å². The molecule has 0 atom stereocenters. The van der Waals surface area contributed by atoms with Crippen LogP contribution in [0.3, 0.4) is 0 Å². The molecule has 0 saturated heterocycles. The van der Waals surface area contributed by atoms with E-state index in [9.17, 15) is 9.59 Å². The minimum atomic E-state index is -0.0359. The fourth-order valence-electron chi connectivity index (χ4n) is 1.84. The Balaban J connectivity index is 2.24. The van der Waals surface area contributed by atoms with Crippen molar-refractivity contribution >= 4 is 11.8 Å². The number of amides is 2. The summed E-state index contributed by atoms with van der Waals surface area (Å²) in [5, 5.41) is 5.55. The molecule has 0 fully saturated rings. The Kier molecular flexibility index (Phi) is 7.29. The Morgan fingerprint density at radius 2 is 1.81 bits per heavy atom. The zero-order valence-corrected chi connectivity index (χ0v) is 12.9. The largest absolute Gasteiger partial charge is 0.496 e. The molecule has 0 unspecified atom stereocenters. The molecule has 0 spiro atoms. The normalized spacial score (nSPS) is 10.3. The molecule has 5 nitrogen and oxygen atoms in total. The molecular weight excluding hydrogens is 268 g/mol. The standard InChI is InChI=1S/C16H24N2O3/c1-12(2)16(20)18-11-10-17-15(19)9-8-13-6-4-5-7-14(13)21-3/h4-7,12H,8-11H2,1-3H3,(H,17,19)(H,18,20). The number of aryl methyl sites for hydroxylation is 1.